The van der Waals surface area contributed by atoms with Gasteiger partial charge in [-0.15, -0.1) is 0 Å². The van der Waals surface area contributed by atoms with E-state index >= 15 is 0 Å². The summed E-state index contributed by atoms with van der Waals surface area (Å²) >= 11 is 0. The molecule has 1 unspecified atom stereocenters. The second kappa shape index (κ2) is 6.50. The van der Waals surface area contributed by atoms with Crippen molar-refractivity contribution in [1.82, 2.24) is 5.32 Å². The van der Waals surface area contributed by atoms with Crippen LogP contribution in [-0.4, -0.2) is 63.6 Å². The molecule has 5 N–H and O–H groups in total. The van der Waals surface area contributed by atoms with Crippen LogP contribution in [0.15, 0.2) is 24.3 Å². The van der Waals surface area contributed by atoms with Gasteiger partial charge in [-0.25, -0.2) is 0 Å². The van der Waals surface area contributed by atoms with Crippen LogP contribution in [0.5, 0.6) is 0 Å². The standard InChI is InChI=1S/C14H19NO6/c1-7-2-4-8(5-3-7)13(19)15-10-12(18)11(17)9(6-16)21-14(10)20/h2-5,9-12,14,16-18,20H,6H2,1H3,(H,15,19)/t9-,10-,11-,12-,14?/m1/s1. The van der Waals surface area contributed by atoms with Crippen molar-refractivity contribution in [2.45, 2.75) is 37.6 Å². The SMILES string of the molecule is Cc1ccc(C(=O)N[C@H]2C(O)O[C@H](CO)[C@@H](O)[C@@H]2O)cc1. The van der Waals surface area contributed by atoms with Crippen molar-refractivity contribution in [3.8, 4) is 0 Å². The third-order valence-electron chi connectivity index (χ3n) is 3.51. The van der Waals surface area contributed by atoms with Crippen LogP contribution in [0.25, 0.3) is 0 Å². The summed E-state index contributed by atoms with van der Waals surface area (Å²) in [6.45, 7) is 1.34. The van der Waals surface area contributed by atoms with Gasteiger partial charge in [-0.3, -0.25) is 4.79 Å². The summed E-state index contributed by atoms with van der Waals surface area (Å²) in [5.74, 6) is -0.503. The molecule has 0 spiro atoms. The highest BCUT2D eigenvalue weighted by Gasteiger charge is 2.44. The molecule has 116 valence electrons. The van der Waals surface area contributed by atoms with E-state index in [0.717, 1.165) is 5.56 Å². The fourth-order valence-electron chi connectivity index (χ4n) is 2.19. The van der Waals surface area contributed by atoms with E-state index < -0.39 is 43.2 Å². The number of aliphatic hydroxyl groups is 4. The van der Waals surface area contributed by atoms with Gasteiger partial charge < -0.3 is 30.5 Å². The van der Waals surface area contributed by atoms with Gasteiger partial charge in [0.25, 0.3) is 5.91 Å². The van der Waals surface area contributed by atoms with Crippen molar-refractivity contribution in [1.29, 1.82) is 0 Å². The summed E-state index contributed by atoms with van der Waals surface area (Å²) in [5.41, 5.74) is 1.35. The highest BCUT2D eigenvalue weighted by Crippen LogP contribution is 2.20. The second-order valence-electron chi connectivity index (χ2n) is 5.09. The first-order valence-corrected chi connectivity index (χ1v) is 6.62. The zero-order valence-electron chi connectivity index (χ0n) is 11.5. The summed E-state index contributed by atoms with van der Waals surface area (Å²) in [4.78, 5) is 12.1. The van der Waals surface area contributed by atoms with Crippen molar-refractivity contribution >= 4 is 5.91 Å². The van der Waals surface area contributed by atoms with Gasteiger partial charge in [-0.05, 0) is 19.1 Å². The molecule has 5 atom stereocenters. The molecule has 1 aliphatic heterocycles. The van der Waals surface area contributed by atoms with Gasteiger partial charge in [0.2, 0.25) is 0 Å². The number of aryl methyl sites for hydroxylation is 1. The Hall–Kier alpha value is -1.51. The molecule has 1 aliphatic rings. The van der Waals surface area contributed by atoms with Crippen molar-refractivity contribution in [3.63, 3.8) is 0 Å². The van der Waals surface area contributed by atoms with E-state index in [2.05, 4.69) is 5.32 Å². The fourth-order valence-corrected chi connectivity index (χ4v) is 2.19. The zero-order chi connectivity index (χ0) is 15.6. The van der Waals surface area contributed by atoms with E-state index in [1.807, 2.05) is 6.92 Å². The highest BCUT2D eigenvalue weighted by molar-refractivity contribution is 5.94. The van der Waals surface area contributed by atoms with Crippen LogP contribution in [0.1, 0.15) is 15.9 Å². The summed E-state index contributed by atoms with van der Waals surface area (Å²) in [5, 5.41) is 40.9. The van der Waals surface area contributed by atoms with Gasteiger partial charge >= 0.3 is 0 Å². The van der Waals surface area contributed by atoms with Gasteiger partial charge in [-0.2, -0.15) is 0 Å². The molecule has 1 aromatic rings. The number of ether oxygens (including phenoxy) is 1. The lowest BCUT2D eigenvalue weighted by Crippen LogP contribution is -2.64. The molecule has 0 radical (unpaired) electrons. The van der Waals surface area contributed by atoms with Gasteiger partial charge in [0, 0.05) is 5.56 Å². The maximum Gasteiger partial charge on any atom is 0.251 e. The molecule has 7 heteroatoms. The molecule has 0 bridgehead atoms. The first-order chi connectivity index (χ1) is 9.93. The summed E-state index contributed by atoms with van der Waals surface area (Å²) in [6, 6.07) is 5.56. The molecule has 1 aromatic carbocycles. The fraction of sp³-hybridized carbons (Fsp3) is 0.500. The first kappa shape index (κ1) is 15.9. The quantitative estimate of drug-likeness (QED) is 0.464. The Morgan fingerprint density at radius 1 is 1.19 bits per heavy atom. The van der Waals surface area contributed by atoms with Crippen molar-refractivity contribution < 1.29 is 30.0 Å². The lowest BCUT2D eigenvalue weighted by atomic mass is 9.96. The summed E-state index contributed by atoms with van der Waals surface area (Å²) in [7, 11) is 0. The average Bonchev–Trinajstić information content (AvgIpc) is 2.47. The normalized spacial score (nSPS) is 32.7. The number of amides is 1. The summed E-state index contributed by atoms with van der Waals surface area (Å²) < 4.78 is 4.97. The van der Waals surface area contributed by atoms with Crippen LogP contribution in [0, 0.1) is 6.92 Å². The Bertz CT molecular complexity index is 491. The van der Waals surface area contributed by atoms with Crippen molar-refractivity contribution in [2.75, 3.05) is 6.61 Å². The number of nitrogens with one attached hydrogen (secondary N) is 1. The minimum Gasteiger partial charge on any atom is -0.394 e. The summed E-state index contributed by atoms with van der Waals surface area (Å²) in [6.07, 6.45) is -5.46. The predicted molar refractivity (Wildman–Crippen MR) is 72.4 cm³/mol. The predicted octanol–water partition coefficient (Wildman–Crippen LogP) is -1.48. The number of hydrogen-bond donors (Lipinski definition) is 5. The molecule has 1 saturated heterocycles. The van der Waals surface area contributed by atoms with Crippen molar-refractivity contribution in [2.24, 2.45) is 0 Å². The number of rotatable bonds is 3. The second-order valence-corrected chi connectivity index (χ2v) is 5.09. The number of benzene rings is 1. The first-order valence-electron chi connectivity index (χ1n) is 6.62. The van der Waals surface area contributed by atoms with Gasteiger partial charge in [0.15, 0.2) is 6.29 Å². The van der Waals surface area contributed by atoms with Gasteiger partial charge in [0.1, 0.15) is 24.4 Å². The molecule has 2 rings (SSSR count). The van der Waals surface area contributed by atoms with E-state index in [1.165, 1.54) is 0 Å². The molecule has 0 aliphatic carbocycles. The van der Waals surface area contributed by atoms with Crippen LogP contribution in [0.2, 0.25) is 0 Å². The molecule has 7 nitrogen and oxygen atoms in total. The van der Waals surface area contributed by atoms with E-state index in [0.29, 0.717) is 5.56 Å². The Kier molecular flexibility index (Phi) is 4.92. The third-order valence-corrected chi connectivity index (χ3v) is 3.51. The van der Waals surface area contributed by atoms with E-state index in [1.54, 1.807) is 24.3 Å². The van der Waals surface area contributed by atoms with Gasteiger partial charge in [0.05, 0.1) is 6.61 Å². The molecule has 0 aromatic heterocycles. The molecular formula is C14H19NO6. The molecule has 1 heterocycles. The lowest BCUT2D eigenvalue weighted by Gasteiger charge is -2.40. The third kappa shape index (κ3) is 3.39. The molecule has 21 heavy (non-hydrogen) atoms. The average molecular weight is 297 g/mol. The van der Waals surface area contributed by atoms with Crippen LogP contribution in [0.3, 0.4) is 0 Å². The largest absolute Gasteiger partial charge is 0.394 e. The maximum atomic E-state index is 12.1. The topological polar surface area (TPSA) is 119 Å². The number of aliphatic hydroxyl groups excluding tert-OH is 4. The van der Waals surface area contributed by atoms with E-state index in [4.69, 9.17) is 9.84 Å². The van der Waals surface area contributed by atoms with Crippen LogP contribution in [-0.2, 0) is 4.74 Å². The van der Waals surface area contributed by atoms with Crippen LogP contribution < -0.4 is 5.32 Å². The number of carbonyl (C=O) groups is 1. The smallest absolute Gasteiger partial charge is 0.251 e. The number of hydrogen-bond acceptors (Lipinski definition) is 6. The van der Waals surface area contributed by atoms with E-state index in [9.17, 15) is 20.1 Å². The minimum absolute atomic E-state index is 0.360. The molecule has 0 saturated carbocycles. The monoisotopic (exact) mass is 297 g/mol. The van der Waals surface area contributed by atoms with Crippen molar-refractivity contribution in [3.05, 3.63) is 35.4 Å². The van der Waals surface area contributed by atoms with E-state index in [-0.39, 0.29) is 0 Å². The van der Waals surface area contributed by atoms with Crippen LogP contribution in [0.4, 0.5) is 0 Å². The Labute approximate surface area is 121 Å². The zero-order valence-corrected chi connectivity index (χ0v) is 11.5. The molecule has 1 fully saturated rings. The van der Waals surface area contributed by atoms with Crippen LogP contribution >= 0.6 is 0 Å². The Balaban J connectivity index is 2.07. The molecular weight excluding hydrogens is 278 g/mol. The number of carbonyl (C=O) groups excluding carboxylic acids is 1. The minimum atomic E-state index is -1.52. The maximum absolute atomic E-state index is 12.1. The Morgan fingerprint density at radius 3 is 2.38 bits per heavy atom. The molecule has 1 amide bonds. The Morgan fingerprint density at radius 2 is 1.81 bits per heavy atom. The van der Waals surface area contributed by atoms with Gasteiger partial charge in [-0.1, -0.05) is 17.7 Å². The lowest BCUT2D eigenvalue weighted by molar-refractivity contribution is -0.252. The highest BCUT2D eigenvalue weighted by atomic mass is 16.6.